The lowest BCUT2D eigenvalue weighted by Gasteiger charge is -2.09. The summed E-state index contributed by atoms with van der Waals surface area (Å²) in [5.74, 6) is 1.52. The molecule has 0 fully saturated rings. The van der Waals surface area contributed by atoms with Gasteiger partial charge in [0.2, 0.25) is 0 Å². The van der Waals surface area contributed by atoms with E-state index in [1.165, 1.54) is 0 Å². The van der Waals surface area contributed by atoms with Gasteiger partial charge in [-0.3, -0.25) is 9.97 Å². The Morgan fingerprint density at radius 3 is 1.20 bits per heavy atom. The summed E-state index contributed by atoms with van der Waals surface area (Å²) in [6, 6.07) is 40.7. The fraction of sp³-hybridized carbons (Fsp3) is 0. The van der Waals surface area contributed by atoms with Gasteiger partial charge in [0.05, 0.1) is 33.5 Å². The summed E-state index contributed by atoms with van der Waals surface area (Å²) in [5, 5.41) is 4.32. The lowest BCUT2D eigenvalue weighted by Crippen LogP contribution is -1.90. The average Bonchev–Trinajstić information content (AvgIpc) is 3.05. The van der Waals surface area contributed by atoms with Crippen LogP contribution in [0.4, 0.5) is 0 Å². The number of nitrogens with zero attached hydrogens (tertiary/aromatic N) is 4. The lowest BCUT2D eigenvalue weighted by atomic mass is 10.1. The third-order valence-electron chi connectivity index (χ3n) is 7.40. The first-order valence-corrected chi connectivity index (χ1v) is 13.5. The normalized spacial score (nSPS) is 11.4. The van der Waals surface area contributed by atoms with E-state index in [4.69, 9.17) is 14.7 Å². The van der Waals surface area contributed by atoms with E-state index >= 15 is 0 Å². The van der Waals surface area contributed by atoms with Crippen LogP contribution in [0.5, 0.6) is 11.5 Å². The monoisotopic (exact) mass is 526 g/mol. The third-order valence-corrected chi connectivity index (χ3v) is 7.40. The van der Waals surface area contributed by atoms with Gasteiger partial charge in [0.25, 0.3) is 0 Å². The number of aromatic nitrogens is 4. The van der Waals surface area contributed by atoms with Crippen molar-refractivity contribution < 1.29 is 4.74 Å². The average molecular weight is 527 g/mol. The van der Waals surface area contributed by atoms with Crippen molar-refractivity contribution in [2.24, 2.45) is 0 Å². The summed E-state index contributed by atoms with van der Waals surface area (Å²) in [5.41, 5.74) is 7.49. The van der Waals surface area contributed by atoms with Crippen molar-refractivity contribution in [3.63, 3.8) is 0 Å². The molecule has 0 saturated heterocycles. The minimum atomic E-state index is 0.760. The number of ether oxygens (including phenoxy) is 1. The lowest BCUT2D eigenvalue weighted by molar-refractivity contribution is 0.483. The van der Waals surface area contributed by atoms with Crippen LogP contribution < -0.4 is 4.74 Å². The summed E-state index contributed by atoms with van der Waals surface area (Å²) in [6.45, 7) is 0. The van der Waals surface area contributed by atoms with Crippen molar-refractivity contribution >= 4 is 43.6 Å². The smallest absolute Gasteiger partial charge is 0.127 e. The van der Waals surface area contributed by atoms with E-state index in [2.05, 4.69) is 58.5 Å². The molecule has 0 saturated carbocycles. The van der Waals surface area contributed by atoms with E-state index < -0.39 is 0 Å². The van der Waals surface area contributed by atoms with Crippen molar-refractivity contribution in [2.45, 2.75) is 0 Å². The van der Waals surface area contributed by atoms with Crippen LogP contribution in [-0.2, 0) is 0 Å². The van der Waals surface area contributed by atoms with E-state index in [1.807, 2.05) is 85.2 Å². The van der Waals surface area contributed by atoms with E-state index in [-0.39, 0.29) is 0 Å². The molecular formula is C36H22N4O. The first-order valence-electron chi connectivity index (χ1n) is 13.5. The Morgan fingerprint density at radius 1 is 0.366 bits per heavy atom. The van der Waals surface area contributed by atoms with E-state index in [0.29, 0.717) is 0 Å². The molecule has 0 atom stereocenters. The van der Waals surface area contributed by atoms with Gasteiger partial charge in [-0.1, -0.05) is 48.5 Å². The second-order valence-corrected chi connectivity index (χ2v) is 9.97. The topological polar surface area (TPSA) is 60.8 Å². The molecule has 0 spiro atoms. The molecule has 5 nitrogen and oxygen atoms in total. The molecule has 4 aromatic carbocycles. The van der Waals surface area contributed by atoms with Gasteiger partial charge in [-0.2, -0.15) is 0 Å². The molecule has 0 aliphatic rings. The molecule has 192 valence electrons. The molecule has 0 aliphatic carbocycles. The number of rotatable bonds is 4. The van der Waals surface area contributed by atoms with E-state index in [9.17, 15) is 0 Å². The first-order chi connectivity index (χ1) is 20.3. The Bertz CT molecular complexity index is 2070. The summed E-state index contributed by atoms with van der Waals surface area (Å²) in [4.78, 5) is 19.0. The van der Waals surface area contributed by atoms with Gasteiger partial charge in [-0.05, 0) is 72.8 Å². The predicted molar refractivity (Wildman–Crippen MR) is 165 cm³/mol. The van der Waals surface area contributed by atoms with Crippen molar-refractivity contribution in [1.82, 2.24) is 19.9 Å². The highest BCUT2D eigenvalue weighted by Crippen LogP contribution is 2.30. The van der Waals surface area contributed by atoms with Gasteiger partial charge in [0.1, 0.15) is 11.5 Å². The van der Waals surface area contributed by atoms with Gasteiger partial charge < -0.3 is 4.74 Å². The summed E-state index contributed by atoms with van der Waals surface area (Å²) < 4.78 is 6.16. The Morgan fingerprint density at radius 2 is 0.756 bits per heavy atom. The fourth-order valence-corrected chi connectivity index (χ4v) is 5.29. The third kappa shape index (κ3) is 4.21. The molecular weight excluding hydrogens is 504 g/mol. The zero-order valence-electron chi connectivity index (χ0n) is 21.9. The van der Waals surface area contributed by atoms with Crippen LogP contribution in [0.25, 0.3) is 66.1 Å². The first kappa shape index (κ1) is 23.2. The van der Waals surface area contributed by atoms with Gasteiger partial charge >= 0.3 is 0 Å². The highest BCUT2D eigenvalue weighted by molar-refractivity contribution is 6.04. The minimum Gasteiger partial charge on any atom is -0.457 e. The van der Waals surface area contributed by atoms with Crippen LogP contribution in [0, 0.1) is 0 Å². The van der Waals surface area contributed by atoms with Crippen molar-refractivity contribution in [2.75, 3.05) is 0 Å². The molecule has 0 amide bonds. The maximum atomic E-state index is 6.16. The Hall–Kier alpha value is -5.68. The Balaban J connectivity index is 1.04. The zero-order chi connectivity index (χ0) is 27.2. The summed E-state index contributed by atoms with van der Waals surface area (Å²) >= 11 is 0. The van der Waals surface area contributed by atoms with Crippen LogP contribution in [0.3, 0.4) is 0 Å². The number of hydrogen-bond acceptors (Lipinski definition) is 5. The molecule has 4 heterocycles. The van der Waals surface area contributed by atoms with E-state index in [1.54, 1.807) is 0 Å². The number of fused-ring (bicyclic) bond motifs is 6. The molecule has 41 heavy (non-hydrogen) atoms. The minimum absolute atomic E-state index is 0.760. The molecule has 8 aromatic rings. The highest BCUT2D eigenvalue weighted by Gasteiger charge is 2.09. The standard InChI is InChI=1S/C36H22N4O/c1-3-25-5-7-27-13-19-31(39-35(27)33(25)37-21-1)23-9-15-29(16-10-23)41-30-17-11-24(12-18-30)32-20-14-28-8-6-26-4-2-22-38-34(26)36(28)40-32/h1-22H. The largest absolute Gasteiger partial charge is 0.457 e. The quantitative estimate of drug-likeness (QED) is 0.214. The Labute approximate surface area is 235 Å². The second kappa shape index (κ2) is 9.50. The predicted octanol–water partition coefficient (Wildman–Crippen LogP) is 9.01. The molecule has 0 bridgehead atoms. The molecule has 0 N–H and O–H groups in total. The fourth-order valence-electron chi connectivity index (χ4n) is 5.29. The van der Waals surface area contributed by atoms with Crippen LogP contribution in [0.2, 0.25) is 0 Å². The van der Waals surface area contributed by atoms with Gasteiger partial charge in [0, 0.05) is 45.1 Å². The molecule has 0 radical (unpaired) electrons. The van der Waals surface area contributed by atoms with Crippen LogP contribution in [0.1, 0.15) is 0 Å². The van der Waals surface area contributed by atoms with Crippen LogP contribution >= 0.6 is 0 Å². The molecule has 0 aliphatic heterocycles. The number of hydrogen-bond donors (Lipinski definition) is 0. The van der Waals surface area contributed by atoms with Crippen molar-refractivity contribution in [3.05, 3.63) is 134 Å². The van der Waals surface area contributed by atoms with E-state index in [0.717, 1.165) is 77.6 Å². The van der Waals surface area contributed by atoms with Crippen LogP contribution in [0.15, 0.2) is 134 Å². The molecule has 8 rings (SSSR count). The van der Waals surface area contributed by atoms with Crippen LogP contribution in [-0.4, -0.2) is 19.9 Å². The SMILES string of the molecule is c1cnc2c(c1)ccc1ccc(-c3ccc(Oc4ccc(-c5ccc6ccc7cccnc7c6n5)cc4)cc3)nc12. The molecule has 4 aromatic heterocycles. The molecule has 5 heteroatoms. The highest BCUT2D eigenvalue weighted by atomic mass is 16.5. The maximum Gasteiger partial charge on any atom is 0.127 e. The van der Waals surface area contributed by atoms with Gasteiger partial charge in [0.15, 0.2) is 0 Å². The Kier molecular flexibility index (Phi) is 5.38. The number of pyridine rings is 4. The number of benzene rings is 4. The second-order valence-electron chi connectivity index (χ2n) is 9.97. The van der Waals surface area contributed by atoms with Gasteiger partial charge in [-0.15, -0.1) is 0 Å². The molecule has 0 unspecified atom stereocenters. The van der Waals surface area contributed by atoms with Crippen molar-refractivity contribution in [3.8, 4) is 34.0 Å². The van der Waals surface area contributed by atoms with Crippen molar-refractivity contribution in [1.29, 1.82) is 0 Å². The zero-order valence-corrected chi connectivity index (χ0v) is 21.9. The maximum absolute atomic E-state index is 6.16. The van der Waals surface area contributed by atoms with Gasteiger partial charge in [-0.25, -0.2) is 9.97 Å². The summed E-state index contributed by atoms with van der Waals surface area (Å²) in [7, 11) is 0. The summed E-state index contributed by atoms with van der Waals surface area (Å²) in [6.07, 6.45) is 3.62.